The van der Waals surface area contributed by atoms with Gasteiger partial charge in [-0.05, 0) is 38.0 Å². The second-order valence-electron chi connectivity index (χ2n) is 3.29. The first kappa shape index (κ1) is 7.35. The molecular weight excluding hydrogens is 148 g/mol. The van der Waals surface area contributed by atoms with Crippen molar-refractivity contribution in [3.05, 3.63) is 35.3 Å². The van der Waals surface area contributed by atoms with Crippen molar-refractivity contribution in [1.29, 1.82) is 0 Å². The van der Waals surface area contributed by atoms with Crippen molar-refractivity contribution in [3.8, 4) is 0 Å². The highest BCUT2D eigenvalue weighted by Gasteiger charge is 1.99. The Bertz CT molecular complexity index is 388. The van der Waals surface area contributed by atoms with Gasteiger partial charge in [0.05, 0.1) is 5.69 Å². The van der Waals surface area contributed by atoms with Gasteiger partial charge in [-0.1, -0.05) is 0 Å². The maximum atomic E-state index is 4.38. The van der Waals surface area contributed by atoms with Crippen LogP contribution in [0.15, 0.2) is 18.5 Å². The Labute approximate surface area is 71.9 Å². The highest BCUT2D eigenvalue weighted by Crippen LogP contribution is 2.11. The van der Waals surface area contributed by atoms with Gasteiger partial charge in [0.1, 0.15) is 5.65 Å². The van der Waals surface area contributed by atoms with Gasteiger partial charge in [-0.15, -0.1) is 0 Å². The normalized spacial score (nSPS) is 10.9. The zero-order valence-electron chi connectivity index (χ0n) is 7.63. The summed E-state index contributed by atoms with van der Waals surface area (Å²) in [5.74, 6) is 0. The minimum Gasteiger partial charge on any atom is -0.307 e. The van der Waals surface area contributed by atoms with Crippen molar-refractivity contribution >= 4 is 5.65 Å². The number of hydrogen-bond donors (Lipinski definition) is 0. The van der Waals surface area contributed by atoms with Gasteiger partial charge in [0.2, 0.25) is 0 Å². The van der Waals surface area contributed by atoms with Gasteiger partial charge in [0.25, 0.3) is 0 Å². The second kappa shape index (κ2) is 2.34. The second-order valence-corrected chi connectivity index (χ2v) is 3.29. The van der Waals surface area contributed by atoms with Gasteiger partial charge in [0, 0.05) is 12.4 Å². The quantitative estimate of drug-likeness (QED) is 0.577. The number of aryl methyl sites for hydroxylation is 3. The van der Waals surface area contributed by atoms with Crippen molar-refractivity contribution in [2.45, 2.75) is 20.8 Å². The molecule has 0 N–H and O–H groups in total. The number of nitrogens with zero attached hydrogens (tertiary/aromatic N) is 2. The van der Waals surface area contributed by atoms with Crippen LogP contribution in [0.5, 0.6) is 0 Å². The zero-order valence-corrected chi connectivity index (χ0v) is 7.63. The highest BCUT2D eigenvalue weighted by molar-refractivity contribution is 5.44. The molecular formula is C10H12N2. The van der Waals surface area contributed by atoms with Crippen LogP contribution >= 0.6 is 0 Å². The molecule has 0 saturated carbocycles. The molecule has 2 aromatic rings. The summed E-state index contributed by atoms with van der Waals surface area (Å²) in [6.07, 6.45) is 4.16. The molecule has 0 amide bonds. The fraction of sp³-hybridized carbons (Fsp3) is 0.300. The van der Waals surface area contributed by atoms with E-state index in [1.807, 2.05) is 13.1 Å². The van der Waals surface area contributed by atoms with Gasteiger partial charge in [0.15, 0.2) is 0 Å². The smallest absolute Gasteiger partial charge is 0.137 e. The summed E-state index contributed by atoms with van der Waals surface area (Å²) >= 11 is 0. The Morgan fingerprint density at radius 2 is 1.83 bits per heavy atom. The summed E-state index contributed by atoms with van der Waals surface area (Å²) in [5.41, 5.74) is 4.71. The lowest BCUT2D eigenvalue weighted by molar-refractivity contribution is 1.13. The molecule has 0 aliphatic carbocycles. The van der Waals surface area contributed by atoms with Gasteiger partial charge >= 0.3 is 0 Å². The molecule has 0 saturated heterocycles. The summed E-state index contributed by atoms with van der Waals surface area (Å²) in [5, 5.41) is 0. The van der Waals surface area contributed by atoms with Crippen LogP contribution in [0, 0.1) is 20.8 Å². The van der Waals surface area contributed by atoms with E-state index in [1.54, 1.807) is 0 Å². The summed E-state index contributed by atoms with van der Waals surface area (Å²) < 4.78 is 2.07. The van der Waals surface area contributed by atoms with Crippen molar-refractivity contribution in [1.82, 2.24) is 9.38 Å². The van der Waals surface area contributed by atoms with Crippen LogP contribution in [0.1, 0.15) is 16.8 Å². The molecule has 0 aliphatic rings. The Kier molecular flexibility index (Phi) is 1.43. The minimum atomic E-state index is 1.04. The molecule has 0 unspecified atom stereocenters. The average molecular weight is 160 g/mol. The number of imidazole rings is 1. The molecule has 2 rings (SSSR count). The average Bonchev–Trinajstić information content (AvgIpc) is 2.30. The maximum absolute atomic E-state index is 4.38. The largest absolute Gasteiger partial charge is 0.307 e. The van der Waals surface area contributed by atoms with E-state index < -0.39 is 0 Å². The molecule has 0 atom stereocenters. The van der Waals surface area contributed by atoms with Crippen molar-refractivity contribution < 1.29 is 0 Å². The van der Waals surface area contributed by atoms with E-state index in [1.165, 1.54) is 11.1 Å². The Morgan fingerprint density at radius 3 is 2.58 bits per heavy atom. The third kappa shape index (κ3) is 0.998. The van der Waals surface area contributed by atoms with Crippen LogP contribution in [0.4, 0.5) is 0 Å². The third-order valence-corrected chi connectivity index (χ3v) is 2.18. The maximum Gasteiger partial charge on any atom is 0.137 e. The number of pyridine rings is 1. The van der Waals surface area contributed by atoms with Crippen LogP contribution in [0.3, 0.4) is 0 Å². The first-order valence-electron chi connectivity index (χ1n) is 4.09. The van der Waals surface area contributed by atoms with Crippen molar-refractivity contribution in [2.24, 2.45) is 0 Å². The number of fused-ring (bicyclic) bond motifs is 1. The molecule has 2 heterocycles. The zero-order chi connectivity index (χ0) is 8.72. The van der Waals surface area contributed by atoms with Gasteiger partial charge in [-0.3, -0.25) is 0 Å². The molecule has 0 aliphatic heterocycles. The molecule has 2 heteroatoms. The molecule has 0 bridgehead atoms. The van der Waals surface area contributed by atoms with E-state index in [2.05, 4.69) is 35.5 Å². The highest BCUT2D eigenvalue weighted by atomic mass is 15.0. The van der Waals surface area contributed by atoms with Crippen LogP contribution < -0.4 is 0 Å². The topological polar surface area (TPSA) is 17.3 Å². The summed E-state index contributed by atoms with van der Waals surface area (Å²) in [6.45, 7) is 6.24. The number of hydrogen-bond acceptors (Lipinski definition) is 1. The van der Waals surface area contributed by atoms with E-state index in [0.717, 1.165) is 11.3 Å². The molecule has 0 radical (unpaired) electrons. The van der Waals surface area contributed by atoms with Gasteiger partial charge < -0.3 is 4.40 Å². The Balaban J connectivity index is 2.83. The summed E-state index contributed by atoms with van der Waals surface area (Å²) in [4.78, 5) is 4.38. The lowest BCUT2D eigenvalue weighted by Crippen LogP contribution is -1.87. The van der Waals surface area contributed by atoms with E-state index in [-0.39, 0.29) is 0 Å². The fourth-order valence-electron chi connectivity index (χ4n) is 1.36. The number of rotatable bonds is 0. The van der Waals surface area contributed by atoms with Crippen LogP contribution in [0.25, 0.3) is 5.65 Å². The van der Waals surface area contributed by atoms with Crippen molar-refractivity contribution in [3.63, 3.8) is 0 Å². The van der Waals surface area contributed by atoms with E-state index in [0.29, 0.717) is 0 Å². The molecule has 2 aromatic heterocycles. The molecule has 12 heavy (non-hydrogen) atoms. The van der Waals surface area contributed by atoms with E-state index in [4.69, 9.17) is 0 Å². The minimum absolute atomic E-state index is 1.04. The molecule has 0 spiro atoms. The summed E-state index contributed by atoms with van der Waals surface area (Å²) in [6, 6.07) is 2.11. The Hall–Kier alpha value is -1.31. The predicted octanol–water partition coefficient (Wildman–Crippen LogP) is 2.26. The SMILES string of the molecule is Cc1cn2cc(C)c(C)cc2n1. The monoisotopic (exact) mass is 160 g/mol. The number of aromatic nitrogens is 2. The Morgan fingerprint density at radius 1 is 1.08 bits per heavy atom. The third-order valence-electron chi connectivity index (χ3n) is 2.18. The van der Waals surface area contributed by atoms with Gasteiger partial charge in [-0.25, -0.2) is 4.98 Å². The predicted molar refractivity (Wildman–Crippen MR) is 49.4 cm³/mol. The molecule has 2 nitrogen and oxygen atoms in total. The molecule has 62 valence electrons. The van der Waals surface area contributed by atoms with Crippen LogP contribution in [0.2, 0.25) is 0 Å². The van der Waals surface area contributed by atoms with Crippen LogP contribution in [-0.4, -0.2) is 9.38 Å². The van der Waals surface area contributed by atoms with Gasteiger partial charge in [-0.2, -0.15) is 0 Å². The van der Waals surface area contributed by atoms with Crippen LogP contribution in [-0.2, 0) is 0 Å². The first-order valence-corrected chi connectivity index (χ1v) is 4.09. The molecule has 0 fully saturated rings. The summed E-state index contributed by atoms with van der Waals surface area (Å²) in [7, 11) is 0. The van der Waals surface area contributed by atoms with E-state index in [9.17, 15) is 0 Å². The fourth-order valence-corrected chi connectivity index (χ4v) is 1.36. The lowest BCUT2D eigenvalue weighted by atomic mass is 10.2. The first-order chi connectivity index (χ1) is 5.66. The van der Waals surface area contributed by atoms with E-state index >= 15 is 0 Å². The molecule has 0 aromatic carbocycles. The lowest BCUT2D eigenvalue weighted by Gasteiger charge is -1.99. The standard InChI is InChI=1S/C10H12N2/c1-7-4-10-11-9(3)6-12(10)5-8(7)2/h4-6H,1-3H3. The van der Waals surface area contributed by atoms with Crippen molar-refractivity contribution in [2.75, 3.05) is 0 Å².